The van der Waals surface area contributed by atoms with Gasteiger partial charge < -0.3 is 5.32 Å². The lowest BCUT2D eigenvalue weighted by Gasteiger charge is -2.02. The molecule has 0 unspecified atom stereocenters. The Morgan fingerprint density at radius 3 is 2.48 bits per heavy atom. The van der Waals surface area contributed by atoms with Crippen LogP contribution in [0.15, 0.2) is 48.1 Å². The van der Waals surface area contributed by atoms with E-state index < -0.39 is 0 Å². The SMILES string of the molecule is CC(=O)NCCSC(=O)CC(=O)C(C)=CC=Cc1ccccc1. The van der Waals surface area contributed by atoms with Gasteiger partial charge in [0.15, 0.2) is 10.9 Å². The quantitative estimate of drug-likeness (QED) is 0.344. The van der Waals surface area contributed by atoms with E-state index in [-0.39, 0.29) is 23.2 Å². The normalized spacial score (nSPS) is 11.5. The van der Waals surface area contributed by atoms with Gasteiger partial charge >= 0.3 is 0 Å². The van der Waals surface area contributed by atoms with Crippen LogP contribution in [0.2, 0.25) is 0 Å². The number of amides is 1. The van der Waals surface area contributed by atoms with Crippen molar-refractivity contribution in [3.8, 4) is 0 Å². The third kappa shape index (κ3) is 8.78. The van der Waals surface area contributed by atoms with Crippen molar-refractivity contribution in [2.75, 3.05) is 12.3 Å². The van der Waals surface area contributed by atoms with Crippen LogP contribution in [0.3, 0.4) is 0 Å². The molecule has 0 aromatic heterocycles. The minimum Gasteiger partial charge on any atom is -0.356 e. The number of ketones is 1. The van der Waals surface area contributed by atoms with Crippen LogP contribution in [0, 0.1) is 0 Å². The van der Waals surface area contributed by atoms with Gasteiger partial charge in [0.05, 0.1) is 6.42 Å². The van der Waals surface area contributed by atoms with E-state index in [0.29, 0.717) is 17.9 Å². The Kier molecular flexibility index (Phi) is 8.68. The largest absolute Gasteiger partial charge is 0.356 e. The molecule has 0 aliphatic heterocycles. The Bertz CT molecular complexity index is 606. The second-order valence-electron chi connectivity index (χ2n) is 4.92. The van der Waals surface area contributed by atoms with Crippen LogP contribution in [0.5, 0.6) is 0 Å². The molecule has 4 nitrogen and oxygen atoms in total. The average Bonchev–Trinajstić information content (AvgIpc) is 2.52. The number of nitrogens with one attached hydrogen (secondary N) is 1. The minimum absolute atomic E-state index is 0.119. The van der Waals surface area contributed by atoms with Crippen molar-refractivity contribution in [1.29, 1.82) is 0 Å². The summed E-state index contributed by atoms with van der Waals surface area (Å²) in [6.07, 6.45) is 5.30. The molecule has 0 aliphatic carbocycles. The summed E-state index contributed by atoms with van der Waals surface area (Å²) in [6, 6.07) is 9.77. The fraction of sp³-hybridized carbons (Fsp3) is 0.278. The zero-order chi connectivity index (χ0) is 17.1. The molecule has 0 atom stereocenters. The van der Waals surface area contributed by atoms with Crippen LogP contribution in [0.4, 0.5) is 0 Å². The summed E-state index contributed by atoms with van der Waals surface area (Å²) in [5.41, 5.74) is 1.60. The molecule has 122 valence electrons. The van der Waals surface area contributed by atoms with Gasteiger partial charge in [-0.05, 0) is 18.1 Å². The molecule has 0 heterocycles. The molecule has 0 bridgehead atoms. The van der Waals surface area contributed by atoms with Crippen LogP contribution in [-0.2, 0) is 14.4 Å². The van der Waals surface area contributed by atoms with E-state index >= 15 is 0 Å². The van der Waals surface area contributed by atoms with Gasteiger partial charge in [0.25, 0.3) is 0 Å². The number of hydrogen-bond acceptors (Lipinski definition) is 4. The molecule has 0 fully saturated rings. The molecule has 0 aliphatic rings. The van der Waals surface area contributed by atoms with Gasteiger partial charge in [0.2, 0.25) is 5.91 Å². The molecule has 0 saturated heterocycles. The topological polar surface area (TPSA) is 63.2 Å². The third-order valence-corrected chi connectivity index (χ3v) is 3.79. The second-order valence-corrected chi connectivity index (χ2v) is 6.08. The van der Waals surface area contributed by atoms with Crippen LogP contribution < -0.4 is 5.32 Å². The fourth-order valence-corrected chi connectivity index (χ4v) is 2.34. The number of allylic oxidation sites excluding steroid dienone is 3. The third-order valence-electron chi connectivity index (χ3n) is 2.92. The molecule has 0 spiro atoms. The van der Waals surface area contributed by atoms with E-state index in [0.717, 1.165) is 17.3 Å². The zero-order valence-corrected chi connectivity index (χ0v) is 14.2. The van der Waals surface area contributed by atoms with Gasteiger partial charge in [0.1, 0.15) is 0 Å². The Morgan fingerprint density at radius 2 is 1.83 bits per heavy atom. The van der Waals surface area contributed by atoms with E-state index in [1.165, 1.54) is 6.92 Å². The highest BCUT2D eigenvalue weighted by Gasteiger charge is 2.11. The maximum Gasteiger partial charge on any atom is 0.216 e. The van der Waals surface area contributed by atoms with E-state index in [4.69, 9.17) is 0 Å². The molecule has 0 saturated carbocycles. The van der Waals surface area contributed by atoms with Crippen molar-refractivity contribution in [2.45, 2.75) is 20.3 Å². The highest BCUT2D eigenvalue weighted by molar-refractivity contribution is 8.13. The fourth-order valence-electron chi connectivity index (χ4n) is 1.67. The summed E-state index contributed by atoms with van der Waals surface area (Å²) >= 11 is 1.07. The van der Waals surface area contributed by atoms with E-state index in [9.17, 15) is 14.4 Å². The van der Waals surface area contributed by atoms with Gasteiger partial charge in [0, 0.05) is 19.2 Å². The lowest BCUT2D eigenvalue weighted by molar-refractivity contribution is -0.121. The molecule has 1 aromatic rings. The lowest BCUT2D eigenvalue weighted by Crippen LogP contribution is -2.23. The number of Topliss-reactive ketones (excluding diaryl/α,β-unsaturated/α-hetero) is 1. The number of carbonyl (C=O) groups is 3. The summed E-state index contributed by atoms with van der Waals surface area (Å²) in [7, 11) is 0. The highest BCUT2D eigenvalue weighted by atomic mass is 32.2. The van der Waals surface area contributed by atoms with Gasteiger partial charge in [-0.15, -0.1) is 0 Å². The molecule has 1 aromatic carbocycles. The average molecular weight is 331 g/mol. The van der Waals surface area contributed by atoms with E-state index in [2.05, 4.69) is 5.32 Å². The molecule has 1 rings (SSSR count). The summed E-state index contributed by atoms with van der Waals surface area (Å²) in [4.78, 5) is 34.3. The molecule has 5 heteroatoms. The summed E-state index contributed by atoms with van der Waals surface area (Å²) < 4.78 is 0. The predicted molar refractivity (Wildman–Crippen MR) is 95.0 cm³/mol. The Morgan fingerprint density at radius 1 is 1.13 bits per heavy atom. The van der Waals surface area contributed by atoms with E-state index in [1.807, 2.05) is 36.4 Å². The Hall–Kier alpha value is -2.14. The van der Waals surface area contributed by atoms with E-state index in [1.54, 1.807) is 19.1 Å². The van der Waals surface area contributed by atoms with Crippen molar-refractivity contribution < 1.29 is 14.4 Å². The Labute approximate surface area is 141 Å². The maximum absolute atomic E-state index is 11.9. The van der Waals surface area contributed by atoms with Gasteiger partial charge in [-0.25, -0.2) is 0 Å². The molecular formula is C18H21NO3S. The number of carbonyl (C=O) groups excluding carboxylic acids is 3. The summed E-state index contributed by atoms with van der Waals surface area (Å²) in [5, 5.41) is 2.42. The zero-order valence-electron chi connectivity index (χ0n) is 13.4. The summed E-state index contributed by atoms with van der Waals surface area (Å²) in [5.74, 6) is 0.167. The maximum atomic E-state index is 11.9. The van der Waals surface area contributed by atoms with Crippen molar-refractivity contribution >= 4 is 34.6 Å². The first-order valence-electron chi connectivity index (χ1n) is 7.32. The van der Waals surface area contributed by atoms with Crippen LogP contribution in [-0.4, -0.2) is 29.1 Å². The van der Waals surface area contributed by atoms with Crippen LogP contribution in [0.1, 0.15) is 25.8 Å². The number of rotatable bonds is 8. The van der Waals surface area contributed by atoms with Crippen molar-refractivity contribution in [3.63, 3.8) is 0 Å². The van der Waals surface area contributed by atoms with Crippen LogP contribution >= 0.6 is 11.8 Å². The first kappa shape index (κ1) is 18.9. The lowest BCUT2D eigenvalue weighted by atomic mass is 10.1. The monoisotopic (exact) mass is 331 g/mol. The van der Waals surface area contributed by atoms with Crippen molar-refractivity contribution in [1.82, 2.24) is 5.32 Å². The van der Waals surface area contributed by atoms with Crippen LogP contribution in [0.25, 0.3) is 6.08 Å². The number of hydrogen-bond donors (Lipinski definition) is 1. The first-order chi connectivity index (χ1) is 11.0. The standard InChI is InChI=1S/C18H21NO3S/c1-14(7-6-10-16-8-4-3-5-9-16)17(21)13-18(22)23-12-11-19-15(2)20/h3-10H,11-13H2,1-2H3,(H,19,20). The van der Waals surface area contributed by atoms with Crippen molar-refractivity contribution in [2.24, 2.45) is 0 Å². The van der Waals surface area contributed by atoms with Gasteiger partial charge in [-0.1, -0.05) is 60.3 Å². The predicted octanol–water partition coefficient (Wildman–Crippen LogP) is 3.00. The molecule has 23 heavy (non-hydrogen) atoms. The van der Waals surface area contributed by atoms with Gasteiger partial charge in [-0.3, -0.25) is 14.4 Å². The van der Waals surface area contributed by atoms with Crippen molar-refractivity contribution in [3.05, 3.63) is 53.6 Å². The molecule has 1 N–H and O–H groups in total. The molecule has 1 amide bonds. The smallest absolute Gasteiger partial charge is 0.216 e. The number of thioether (sulfide) groups is 1. The highest BCUT2D eigenvalue weighted by Crippen LogP contribution is 2.09. The second kappa shape index (κ2) is 10.6. The molecular weight excluding hydrogens is 310 g/mol. The number of benzene rings is 1. The minimum atomic E-state index is -0.181. The van der Waals surface area contributed by atoms with Gasteiger partial charge in [-0.2, -0.15) is 0 Å². The summed E-state index contributed by atoms with van der Waals surface area (Å²) in [6.45, 7) is 3.55. The first-order valence-corrected chi connectivity index (χ1v) is 8.31. The Balaban J connectivity index is 2.38. The molecule has 0 radical (unpaired) electrons.